The highest BCUT2D eigenvalue weighted by Gasteiger charge is 2.14. The lowest BCUT2D eigenvalue weighted by atomic mass is 10.2. The zero-order valence-corrected chi connectivity index (χ0v) is 10.6. The van der Waals surface area contributed by atoms with Gasteiger partial charge in [-0.05, 0) is 38.1 Å². The Hall–Kier alpha value is -1.00. The van der Waals surface area contributed by atoms with Crippen LogP contribution in [0.5, 0.6) is 0 Å². The SMILES string of the molecule is CC(C)S(=O)(=O)C=C(O)c1ccc(Cl)cc1. The zero-order valence-electron chi connectivity index (χ0n) is 9.01. The van der Waals surface area contributed by atoms with Gasteiger partial charge in [0.25, 0.3) is 0 Å². The van der Waals surface area contributed by atoms with Gasteiger partial charge in [0.15, 0.2) is 9.84 Å². The lowest BCUT2D eigenvalue weighted by Crippen LogP contribution is -2.10. The van der Waals surface area contributed by atoms with Crippen molar-refractivity contribution in [2.75, 3.05) is 0 Å². The maximum absolute atomic E-state index is 11.5. The lowest BCUT2D eigenvalue weighted by Gasteiger charge is -2.04. The molecule has 0 unspecified atom stereocenters. The average Bonchev–Trinajstić information content (AvgIpc) is 2.17. The second kappa shape index (κ2) is 4.89. The van der Waals surface area contributed by atoms with Gasteiger partial charge in [-0.15, -0.1) is 0 Å². The van der Waals surface area contributed by atoms with Crippen LogP contribution in [0.1, 0.15) is 19.4 Å². The number of aliphatic hydroxyl groups is 1. The van der Waals surface area contributed by atoms with E-state index in [0.29, 0.717) is 10.6 Å². The number of hydrogen-bond donors (Lipinski definition) is 1. The Morgan fingerprint density at radius 2 is 1.81 bits per heavy atom. The molecule has 1 aromatic carbocycles. The fourth-order valence-corrected chi connectivity index (χ4v) is 1.83. The van der Waals surface area contributed by atoms with Crippen LogP contribution in [-0.2, 0) is 9.84 Å². The minimum absolute atomic E-state index is 0.273. The van der Waals surface area contributed by atoms with E-state index in [9.17, 15) is 13.5 Å². The summed E-state index contributed by atoms with van der Waals surface area (Å²) in [5.74, 6) is -0.273. The minimum Gasteiger partial charge on any atom is -0.507 e. The predicted octanol–water partition coefficient (Wildman–Crippen LogP) is 3.02. The fourth-order valence-electron chi connectivity index (χ4n) is 0.980. The summed E-state index contributed by atoms with van der Waals surface area (Å²) in [7, 11) is -3.40. The van der Waals surface area contributed by atoms with Gasteiger partial charge in [0, 0.05) is 10.6 Å². The number of halogens is 1. The normalized spacial score (nSPS) is 13.1. The van der Waals surface area contributed by atoms with Gasteiger partial charge in [0.1, 0.15) is 5.76 Å². The van der Waals surface area contributed by atoms with Gasteiger partial charge < -0.3 is 5.11 Å². The van der Waals surface area contributed by atoms with E-state index in [2.05, 4.69) is 0 Å². The molecule has 0 radical (unpaired) electrons. The van der Waals surface area contributed by atoms with Crippen LogP contribution in [0, 0.1) is 0 Å². The minimum atomic E-state index is -3.40. The topological polar surface area (TPSA) is 54.4 Å². The summed E-state index contributed by atoms with van der Waals surface area (Å²) in [4.78, 5) is 0. The third-order valence-corrected chi connectivity index (χ3v) is 4.19. The third-order valence-electron chi connectivity index (χ3n) is 2.07. The monoisotopic (exact) mass is 260 g/mol. The molecule has 0 aliphatic heterocycles. The second-order valence-electron chi connectivity index (χ2n) is 3.65. The number of aliphatic hydroxyl groups excluding tert-OH is 1. The molecule has 0 atom stereocenters. The van der Waals surface area contributed by atoms with Crippen molar-refractivity contribution >= 4 is 27.2 Å². The Morgan fingerprint density at radius 3 is 2.25 bits per heavy atom. The Morgan fingerprint density at radius 1 is 1.31 bits per heavy atom. The van der Waals surface area contributed by atoms with Crippen LogP contribution in [0.25, 0.3) is 5.76 Å². The van der Waals surface area contributed by atoms with Gasteiger partial charge in [0.2, 0.25) is 0 Å². The van der Waals surface area contributed by atoms with Gasteiger partial charge in [-0.3, -0.25) is 0 Å². The maximum Gasteiger partial charge on any atom is 0.177 e. The molecule has 3 nitrogen and oxygen atoms in total. The van der Waals surface area contributed by atoms with Crippen molar-refractivity contribution in [2.45, 2.75) is 19.1 Å². The van der Waals surface area contributed by atoms with Crippen molar-refractivity contribution in [3.8, 4) is 0 Å². The van der Waals surface area contributed by atoms with Crippen LogP contribution < -0.4 is 0 Å². The summed E-state index contributed by atoms with van der Waals surface area (Å²) in [5.41, 5.74) is 0.425. The zero-order chi connectivity index (χ0) is 12.3. The van der Waals surface area contributed by atoms with Crippen molar-refractivity contribution in [1.82, 2.24) is 0 Å². The van der Waals surface area contributed by atoms with Crippen LogP contribution in [-0.4, -0.2) is 18.8 Å². The van der Waals surface area contributed by atoms with Crippen molar-refractivity contribution < 1.29 is 13.5 Å². The van der Waals surface area contributed by atoms with Crippen LogP contribution in [0.3, 0.4) is 0 Å². The first-order valence-electron chi connectivity index (χ1n) is 4.73. The van der Waals surface area contributed by atoms with E-state index >= 15 is 0 Å². The quantitative estimate of drug-likeness (QED) is 0.850. The van der Waals surface area contributed by atoms with Gasteiger partial charge in [0.05, 0.1) is 10.7 Å². The fraction of sp³-hybridized carbons (Fsp3) is 0.273. The summed E-state index contributed by atoms with van der Waals surface area (Å²) in [5, 5.41) is 10.5. The smallest absolute Gasteiger partial charge is 0.177 e. The first kappa shape index (κ1) is 13.1. The third kappa shape index (κ3) is 3.25. The summed E-state index contributed by atoms with van der Waals surface area (Å²) < 4.78 is 23.0. The average molecular weight is 261 g/mol. The largest absolute Gasteiger partial charge is 0.507 e. The van der Waals surface area contributed by atoms with E-state index in [1.807, 2.05) is 0 Å². The highest BCUT2D eigenvalue weighted by atomic mass is 35.5. The molecule has 88 valence electrons. The van der Waals surface area contributed by atoms with Crippen molar-refractivity contribution in [2.24, 2.45) is 0 Å². The number of sulfone groups is 1. The summed E-state index contributed by atoms with van der Waals surface area (Å²) in [6.07, 6.45) is 0. The number of benzene rings is 1. The Bertz CT molecular complexity index is 486. The van der Waals surface area contributed by atoms with Crippen LogP contribution >= 0.6 is 11.6 Å². The van der Waals surface area contributed by atoms with Crippen LogP contribution in [0.15, 0.2) is 29.7 Å². The molecule has 1 N–H and O–H groups in total. The molecule has 0 fully saturated rings. The standard InChI is InChI=1S/C11H13ClO3S/c1-8(2)16(14,15)7-11(13)9-3-5-10(12)6-4-9/h3-8,13H,1-2H3. The van der Waals surface area contributed by atoms with E-state index in [1.54, 1.807) is 38.1 Å². The molecule has 1 aromatic rings. The Labute approximate surface area is 100 Å². The molecule has 0 aliphatic carbocycles. The van der Waals surface area contributed by atoms with E-state index in [-0.39, 0.29) is 5.76 Å². The number of hydrogen-bond acceptors (Lipinski definition) is 3. The van der Waals surface area contributed by atoms with Gasteiger partial charge in [-0.1, -0.05) is 11.6 Å². The van der Waals surface area contributed by atoms with E-state index in [1.165, 1.54) is 0 Å². The molecular formula is C11H13ClO3S. The van der Waals surface area contributed by atoms with Gasteiger partial charge in [-0.2, -0.15) is 0 Å². The molecule has 5 heteroatoms. The highest BCUT2D eigenvalue weighted by Crippen LogP contribution is 2.17. The van der Waals surface area contributed by atoms with Gasteiger partial charge >= 0.3 is 0 Å². The Balaban J connectivity index is 3.07. The number of rotatable bonds is 3. The van der Waals surface area contributed by atoms with Crippen molar-refractivity contribution in [3.05, 3.63) is 40.3 Å². The van der Waals surface area contributed by atoms with Gasteiger partial charge in [-0.25, -0.2) is 8.42 Å². The van der Waals surface area contributed by atoms with E-state index in [0.717, 1.165) is 5.41 Å². The van der Waals surface area contributed by atoms with Crippen LogP contribution in [0.2, 0.25) is 5.02 Å². The first-order valence-corrected chi connectivity index (χ1v) is 6.72. The molecule has 0 aliphatic rings. The van der Waals surface area contributed by atoms with Crippen molar-refractivity contribution in [1.29, 1.82) is 0 Å². The molecule has 0 saturated carbocycles. The van der Waals surface area contributed by atoms with E-state index < -0.39 is 15.1 Å². The Kier molecular flexibility index (Phi) is 3.99. The molecule has 0 aromatic heterocycles. The molecule has 1 rings (SSSR count). The summed E-state index contributed by atoms with van der Waals surface area (Å²) in [6.45, 7) is 3.11. The molecule has 16 heavy (non-hydrogen) atoms. The highest BCUT2D eigenvalue weighted by molar-refractivity contribution is 7.95. The van der Waals surface area contributed by atoms with E-state index in [4.69, 9.17) is 11.6 Å². The molecule has 0 heterocycles. The van der Waals surface area contributed by atoms with Crippen molar-refractivity contribution in [3.63, 3.8) is 0 Å². The first-order chi connectivity index (χ1) is 7.33. The summed E-state index contributed by atoms with van der Waals surface area (Å²) >= 11 is 5.68. The molecule has 0 spiro atoms. The lowest BCUT2D eigenvalue weighted by molar-refractivity contribution is 0.511. The maximum atomic E-state index is 11.5. The predicted molar refractivity (Wildman–Crippen MR) is 66.1 cm³/mol. The second-order valence-corrected chi connectivity index (χ2v) is 6.44. The molecule has 0 amide bonds. The molecule has 0 saturated heterocycles. The summed E-state index contributed by atoms with van der Waals surface area (Å²) in [6, 6.07) is 6.29. The molecular weight excluding hydrogens is 248 g/mol. The van der Waals surface area contributed by atoms with Crippen LogP contribution in [0.4, 0.5) is 0 Å². The molecule has 0 bridgehead atoms.